The first kappa shape index (κ1) is 16.1. The van der Waals surface area contributed by atoms with Gasteiger partial charge in [-0.15, -0.1) is 0 Å². The van der Waals surface area contributed by atoms with Crippen LogP contribution in [0.25, 0.3) is 0 Å². The van der Waals surface area contributed by atoms with E-state index >= 15 is 0 Å². The second kappa shape index (κ2) is 7.11. The standard InChI is InChI=1S/C14H16BrF2N3O/c1-21-3-2-20-14(12(15)8-19-20)13(18)6-9-4-10(16)7-11(17)5-9/h4-5,7-8,13H,2-3,6,18H2,1H3. The second-order valence-electron chi connectivity index (χ2n) is 4.68. The Bertz CT molecular complexity index is 598. The van der Waals surface area contributed by atoms with Crippen LogP contribution in [-0.2, 0) is 17.7 Å². The van der Waals surface area contributed by atoms with Gasteiger partial charge < -0.3 is 10.5 Å². The molecule has 0 saturated carbocycles. The summed E-state index contributed by atoms with van der Waals surface area (Å²) in [4.78, 5) is 0. The van der Waals surface area contributed by atoms with Gasteiger partial charge in [0.15, 0.2) is 0 Å². The van der Waals surface area contributed by atoms with E-state index in [1.165, 1.54) is 12.1 Å². The summed E-state index contributed by atoms with van der Waals surface area (Å²) in [5.74, 6) is -1.21. The first-order chi connectivity index (χ1) is 10.0. The van der Waals surface area contributed by atoms with E-state index in [1.54, 1.807) is 18.0 Å². The van der Waals surface area contributed by atoms with Crippen molar-refractivity contribution < 1.29 is 13.5 Å². The number of ether oxygens (including phenoxy) is 1. The van der Waals surface area contributed by atoms with Crippen molar-refractivity contribution in [3.8, 4) is 0 Å². The van der Waals surface area contributed by atoms with Crippen LogP contribution >= 0.6 is 15.9 Å². The number of methoxy groups -OCH3 is 1. The van der Waals surface area contributed by atoms with Crippen molar-refractivity contribution in [3.05, 3.63) is 51.8 Å². The molecule has 1 unspecified atom stereocenters. The number of hydrogen-bond donors (Lipinski definition) is 1. The molecule has 2 aromatic rings. The van der Waals surface area contributed by atoms with Gasteiger partial charge in [0.05, 0.1) is 35.6 Å². The quantitative estimate of drug-likeness (QED) is 0.862. The fraction of sp³-hybridized carbons (Fsp3) is 0.357. The van der Waals surface area contributed by atoms with Crippen LogP contribution < -0.4 is 5.73 Å². The molecule has 1 aromatic carbocycles. The van der Waals surface area contributed by atoms with Crippen molar-refractivity contribution in [1.29, 1.82) is 0 Å². The van der Waals surface area contributed by atoms with E-state index in [9.17, 15) is 8.78 Å². The molecule has 0 aliphatic heterocycles. The van der Waals surface area contributed by atoms with E-state index in [1.807, 2.05) is 0 Å². The zero-order chi connectivity index (χ0) is 15.4. The van der Waals surface area contributed by atoms with Gasteiger partial charge in [0, 0.05) is 13.2 Å². The Kier molecular flexibility index (Phi) is 5.44. The molecule has 1 aromatic heterocycles. The normalized spacial score (nSPS) is 12.6. The molecular formula is C14H16BrF2N3O. The van der Waals surface area contributed by atoms with E-state index in [0.29, 0.717) is 25.1 Å². The molecule has 4 nitrogen and oxygen atoms in total. The van der Waals surface area contributed by atoms with Crippen molar-refractivity contribution in [2.24, 2.45) is 5.73 Å². The Morgan fingerprint density at radius 2 is 2.00 bits per heavy atom. The molecule has 21 heavy (non-hydrogen) atoms. The Morgan fingerprint density at radius 1 is 1.33 bits per heavy atom. The minimum atomic E-state index is -0.607. The summed E-state index contributed by atoms with van der Waals surface area (Å²) >= 11 is 3.40. The SMILES string of the molecule is COCCn1ncc(Br)c1C(N)Cc1cc(F)cc(F)c1. The molecule has 0 amide bonds. The summed E-state index contributed by atoms with van der Waals surface area (Å²) in [5, 5.41) is 4.21. The topological polar surface area (TPSA) is 53.1 Å². The number of aromatic nitrogens is 2. The Labute approximate surface area is 130 Å². The number of rotatable bonds is 6. The molecule has 0 saturated heterocycles. The zero-order valence-electron chi connectivity index (χ0n) is 11.5. The highest BCUT2D eigenvalue weighted by Crippen LogP contribution is 2.25. The highest BCUT2D eigenvalue weighted by atomic mass is 79.9. The largest absolute Gasteiger partial charge is 0.383 e. The van der Waals surface area contributed by atoms with Gasteiger partial charge in [-0.25, -0.2) is 8.78 Å². The summed E-state index contributed by atoms with van der Waals surface area (Å²) in [6.45, 7) is 1.06. The van der Waals surface area contributed by atoms with Crippen LogP contribution in [0.3, 0.4) is 0 Å². The van der Waals surface area contributed by atoms with E-state index in [2.05, 4.69) is 21.0 Å². The summed E-state index contributed by atoms with van der Waals surface area (Å²) in [6.07, 6.45) is 1.96. The lowest BCUT2D eigenvalue weighted by atomic mass is 10.0. The molecule has 0 spiro atoms. The van der Waals surface area contributed by atoms with Crippen LogP contribution in [0.5, 0.6) is 0 Å². The predicted octanol–water partition coefficient (Wildman–Crippen LogP) is 2.81. The third kappa shape index (κ3) is 4.09. The molecule has 2 rings (SSSR count). The fourth-order valence-corrected chi connectivity index (χ4v) is 2.77. The van der Waals surface area contributed by atoms with Gasteiger partial charge in [0.1, 0.15) is 11.6 Å². The summed E-state index contributed by atoms with van der Waals surface area (Å²) in [5.41, 5.74) is 7.45. The lowest BCUT2D eigenvalue weighted by Crippen LogP contribution is -2.20. The van der Waals surface area contributed by atoms with Crippen LogP contribution in [0.2, 0.25) is 0 Å². The Hall–Kier alpha value is -1.31. The van der Waals surface area contributed by atoms with Gasteiger partial charge in [-0.3, -0.25) is 4.68 Å². The van der Waals surface area contributed by atoms with E-state index in [4.69, 9.17) is 10.5 Å². The molecule has 0 aliphatic rings. The lowest BCUT2D eigenvalue weighted by Gasteiger charge is -2.15. The molecule has 1 atom stereocenters. The van der Waals surface area contributed by atoms with E-state index < -0.39 is 17.7 Å². The zero-order valence-corrected chi connectivity index (χ0v) is 13.1. The van der Waals surface area contributed by atoms with Gasteiger partial charge in [-0.2, -0.15) is 5.10 Å². The maximum atomic E-state index is 13.2. The summed E-state index contributed by atoms with van der Waals surface area (Å²) in [6, 6.07) is 2.98. The molecule has 0 bridgehead atoms. The van der Waals surface area contributed by atoms with E-state index in [0.717, 1.165) is 16.2 Å². The van der Waals surface area contributed by atoms with Crippen molar-refractivity contribution in [2.45, 2.75) is 19.0 Å². The van der Waals surface area contributed by atoms with Crippen LogP contribution in [-0.4, -0.2) is 23.5 Å². The van der Waals surface area contributed by atoms with Crippen molar-refractivity contribution >= 4 is 15.9 Å². The molecule has 2 N–H and O–H groups in total. The number of benzene rings is 1. The van der Waals surface area contributed by atoms with Crippen LogP contribution in [0.4, 0.5) is 8.78 Å². The number of halogens is 3. The third-order valence-electron chi connectivity index (χ3n) is 3.07. The molecule has 1 heterocycles. The van der Waals surface area contributed by atoms with Crippen LogP contribution in [0.15, 0.2) is 28.9 Å². The fourth-order valence-electron chi connectivity index (χ4n) is 2.18. The summed E-state index contributed by atoms with van der Waals surface area (Å²) < 4.78 is 34.0. The molecule has 7 heteroatoms. The van der Waals surface area contributed by atoms with Gasteiger partial charge in [-0.05, 0) is 40.0 Å². The monoisotopic (exact) mass is 359 g/mol. The smallest absolute Gasteiger partial charge is 0.126 e. The van der Waals surface area contributed by atoms with Gasteiger partial charge in [0.2, 0.25) is 0 Å². The predicted molar refractivity (Wildman–Crippen MR) is 78.8 cm³/mol. The maximum Gasteiger partial charge on any atom is 0.126 e. The number of nitrogens with zero attached hydrogens (tertiary/aromatic N) is 2. The van der Waals surface area contributed by atoms with Crippen LogP contribution in [0.1, 0.15) is 17.3 Å². The number of hydrogen-bond acceptors (Lipinski definition) is 3. The van der Waals surface area contributed by atoms with Gasteiger partial charge in [0.25, 0.3) is 0 Å². The Balaban J connectivity index is 2.19. The number of nitrogens with two attached hydrogens (primary N) is 1. The molecule has 114 valence electrons. The minimum absolute atomic E-state index is 0.311. The highest BCUT2D eigenvalue weighted by Gasteiger charge is 2.17. The lowest BCUT2D eigenvalue weighted by molar-refractivity contribution is 0.182. The second-order valence-corrected chi connectivity index (χ2v) is 5.54. The highest BCUT2D eigenvalue weighted by molar-refractivity contribution is 9.10. The Morgan fingerprint density at radius 3 is 2.62 bits per heavy atom. The van der Waals surface area contributed by atoms with Gasteiger partial charge in [-0.1, -0.05) is 0 Å². The first-order valence-electron chi connectivity index (χ1n) is 6.42. The average Bonchev–Trinajstić information content (AvgIpc) is 2.76. The van der Waals surface area contributed by atoms with Gasteiger partial charge >= 0.3 is 0 Å². The summed E-state index contributed by atoms with van der Waals surface area (Å²) in [7, 11) is 1.60. The molecule has 0 radical (unpaired) electrons. The van der Waals surface area contributed by atoms with Crippen molar-refractivity contribution in [3.63, 3.8) is 0 Å². The van der Waals surface area contributed by atoms with Crippen LogP contribution in [0, 0.1) is 11.6 Å². The van der Waals surface area contributed by atoms with E-state index in [-0.39, 0.29) is 0 Å². The van der Waals surface area contributed by atoms with Crippen molar-refractivity contribution in [1.82, 2.24) is 9.78 Å². The third-order valence-corrected chi connectivity index (χ3v) is 3.68. The molecular weight excluding hydrogens is 344 g/mol. The molecule has 0 fully saturated rings. The maximum absolute atomic E-state index is 13.2. The first-order valence-corrected chi connectivity index (χ1v) is 7.21. The average molecular weight is 360 g/mol. The van der Waals surface area contributed by atoms with Crippen molar-refractivity contribution in [2.75, 3.05) is 13.7 Å². The molecule has 0 aliphatic carbocycles. The minimum Gasteiger partial charge on any atom is -0.383 e.